The van der Waals surface area contributed by atoms with Crippen molar-refractivity contribution in [2.45, 2.75) is 19.8 Å². The van der Waals surface area contributed by atoms with Crippen molar-refractivity contribution in [3.8, 4) is 0 Å². The number of fused-ring (bicyclic) bond motifs is 1. The van der Waals surface area contributed by atoms with Crippen LogP contribution in [0.5, 0.6) is 0 Å². The fraction of sp³-hybridized carbons (Fsp3) is 0.692. The van der Waals surface area contributed by atoms with Gasteiger partial charge in [-0.1, -0.05) is 0 Å². The Bertz CT molecular complexity index is 362. The second-order valence-electron chi connectivity index (χ2n) is 4.89. The molecule has 4 nitrogen and oxygen atoms in total. The molecule has 1 saturated heterocycles. The van der Waals surface area contributed by atoms with Crippen LogP contribution in [0.3, 0.4) is 0 Å². The average Bonchev–Trinajstić information content (AvgIpc) is 2.27. The van der Waals surface area contributed by atoms with E-state index in [2.05, 4.69) is 4.90 Å². The quantitative estimate of drug-likeness (QED) is 0.673. The maximum Gasteiger partial charge on any atom is 0.310 e. The van der Waals surface area contributed by atoms with Crippen molar-refractivity contribution in [3.63, 3.8) is 0 Å². The number of nitrogens with zero attached hydrogens (tertiary/aromatic N) is 1. The minimum atomic E-state index is -0.121. The zero-order valence-electron chi connectivity index (χ0n) is 10.4. The zero-order chi connectivity index (χ0) is 12.4. The van der Waals surface area contributed by atoms with Gasteiger partial charge in [-0.15, -0.1) is 0 Å². The number of hydrogen-bond acceptors (Lipinski definition) is 4. The van der Waals surface area contributed by atoms with Crippen LogP contribution >= 0.6 is 0 Å². The van der Waals surface area contributed by atoms with Crippen molar-refractivity contribution >= 4 is 11.8 Å². The van der Waals surface area contributed by atoms with Gasteiger partial charge in [-0.05, 0) is 38.0 Å². The van der Waals surface area contributed by atoms with Gasteiger partial charge in [-0.2, -0.15) is 0 Å². The summed E-state index contributed by atoms with van der Waals surface area (Å²) >= 11 is 0. The van der Waals surface area contributed by atoms with Crippen LogP contribution in [0.25, 0.3) is 0 Å². The lowest BCUT2D eigenvalue weighted by Gasteiger charge is -2.39. The first kappa shape index (κ1) is 12.3. The van der Waals surface area contributed by atoms with E-state index in [4.69, 9.17) is 4.74 Å². The molecule has 1 fully saturated rings. The smallest absolute Gasteiger partial charge is 0.310 e. The number of ketones is 1. The molecule has 94 valence electrons. The number of hydrogen-bond donors (Lipinski definition) is 0. The Morgan fingerprint density at radius 1 is 1.59 bits per heavy atom. The van der Waals surface area contributed by atoms with Gasteiger partial charge in [0.25, 0.3) is 0 Å². The molecular weight excluding hydrogens is 218 g/mol. The number of allylic oxidation sites excluding steroid dienone is 1. The van der Waals surface area contributed by atoms with E-state index >= 15 is 0 Å². The minimum absolute atomic E-state index is 0.104. The van der Waals surface area contributed by atoms with Crippen molar-refractivity contribution in [1.82, 2.24) is 4.90 Å². The monoisotopic (exact) mass is 237 g/mol. The van der Waals surface area contributed by atoms with Crippen LogP contribution in [0.4, 0.5) is 0 Å². The van der Waals surface area contributed by atoms with Gasteiger partial charge in [-0.25, -0.2) is 0 Å². The fourth-order valence-electron chi connectivity index (χ4n) is 2.82. The summed E-state index contributed by atoms with van der Waals surface area (Å²) in [5.74, 6) is 0.175. The lowest BCUT2D eigenvalue weighted by molar-refractivity contribution is -0.151. The molecule has 0 spiro atoms. The molecule has 1 aliphatic heterocycles. The van der Waals surface area contributed by atoms with Crippen molar-refractivity contribution in [1.29, 1.82) is 0 Å². The number of rotatable bonds is 2. The first-order valence-electron chi connectivity index (χ1n) is 6.20. The molecule has 17 heavy (non-hydrogen) atoms. The van der Waals surface area contributed by atoms with E-state index < -0.39 is 0 Å². The minimum Gasteiger partial charge on any atom is -0.466 e. The molecule has 1 heterocycles. The SMILES string of the molecule is CCOC(=O)C1CN(C)CC2=CC(=O)CCC21. The molecule has 2 aliphatic rings. The van der Waals surface area contributed by atoms with Crippen molar-refractivity contribution < 1.29 is 14.3 Å². The van der Waals surface area contributed by atoms with Crippen LogP contribution in [-0.2, 0) is 14.3 Å². The maximum atomic E-state index is 11.9. The number of ether oxygens (including phenoxy) is 1. The summed E-state index contributed by atoms with van der Waals surface area (Å²) in [5, 5.41) is 0. The summed E-state index contributed by atoms with van der Waals surface area (Å²) in [6.07, 6.45) is 3.09. The third-order valence-corrected chi connectivity index (χ3v) is 3.56. The first-order chi connectivity index (χ1) is 8.11. The highest BCUT2D eigenvalue weighted by atomic mass is 16.5. The Balaban J connectivity index is 2.19. The second kappa shape index (κ2) is 5.00. The predicted octanol–water partition coefficient (Wildman–Crippen LogP) is 1.02. The third-order valence-electron chi connectivity index (χ3n) is 3.56. The van der Waals surface area contributed by atoms with E-state index in [0.717, 1.165) is 25.1 Å². The molecule has 0 saturated carbocycles. The van der Waals surface area contributed by atoms with Crippen LogP contribution in [0.15, 0.2) is 11.6 Å². The lowest BCUT2D eigenvalue weighted by Crippen LogP contribution is -2.45. The number of likely N-dealkylation sites (tertiary alicyclic amines) is 1. The van der Waals surface area contributed by atoms with Crippen LogP contribution in [0.1, 0.15) is 19.8 Å². The topological polar surface area (TPSA) is 46.6 Å². The zero-order valence-corrected chi connectivity index (χ0v) is 10.4. The largest absolute Gasteiger partial charge is 0.466 e. The standard InChI is InChI=1S/C13H19NO3/c1-3-17-13(16)12-8-14(2)7-9-6-10(15)4-5-11(9)12/h6,11-12H,3-5,7-8H2,1-2H3. The van der Waals surface area contributed by atoms with E-state index in [-0.39, 0.29) is 23.6 Å². The van der Waals surface area contributed by atoms with E-state index in [1.54, 1.807) is 6.08 Å². The molecule has 0 amide bonds. The van der Waals surface area contributed by atoms with E-state index in [1.165, 1.54) is 0 Å². The molecule has 0 N–H and O–H groups in total. The second-order valence-corrected chi connectivity index (χ2v) is 4.89. The van der Waals surface area contributed by atoms with Gasteiger partial charge in [0.2, 0.25) is 0 Å². The summed E-state index contributed by atoms with van der Waals surface area (Å²) in [4.78, 5) is 25.4. The van der Waals surface area contributed by atoms with Gasteiger partial charge in [0.05, 0.1) is 12.5 Å². The number of likely N-dealkylation sites (N-methyl/N-ethyl adjacent to an activating group) is 1. The van der Waals surface area contributed by atoms with Crippen molar-refractivity contribution in [3.05, 3.63) is 11.6 Å². The Morgan fingerprint density at radius 2 is 2.35 bits per heavy atom. The van der Waals surface area contributed by atoms with Gasteiger partial charge in [0, 0.05) is 19.5 Å². The molecule has 2 atom stereocenters. The molecule has 1 aliphatic carbocycles. The molecule has 2 unspecified atom stereocenters. The van der Waals surface area contributed by atoms with E-state index in [0.29, 0.717) is 13.0 Å². The lowest BCUT2D eigenvalue weighted by atomic mass is 9.75. The number of carbonyl (C=O) groups is 2. The number of carbonyl (C=O) groups excluding carboxylic acids is 2. The van der Waals surface area contributed by atoms with Gasteiger partial charge >= 0.3 is 5.97 Å². The van der Waals surface area contributed by atoms with Gasteiger partial charge in [-0.3, -0.25) is 9.59 Å². The number of esters is 1. The maximum absolute atomic E-state index is 11.9. The molecule has 0 bridgehead atoms. The van der Waals surface area contributed by atoms with Gasteiger partial charge in [0.1, 0.15) is 0 Å². The Labute approximate surface area is 102 Å². The Hall–Kier alpha value is -1.16. The van der Waals surface area contributed by atoms with Crippen LogP contribution in [0, 0.1) is 11.8 Å². The highest BCUT2D eigenvalue weighted by Gasteiger charge is 2.38. The summed E-state index contributed by atoms with van der Waals surface area (Å²) < 4.78 is 5.13. The summed E-state index contributed by atoms with van der Waals surface area (Å²) in [5.41, 5.74) is 1.10. The van der Waals surface area contributed by atoms with E-state index in [1.807, 2.05) is 14.0 Å². The highest BCUT2D eigenvalue weighted by molar-refractivity contribution is 5.91. The molecule has 0 radical (unpaired) electrons. The van der Waals surface area contributed by atoms with Crippen LogP contribution < -0.4 is 0 Å². The number of piperidine rings is 1. The molecule has 2 rings (SSSR count). The fourth-order valence-corrected chi connectivity index (χ4v) is 2.82. The highest BCUT2D eigenvalue weighted by Crippen LogP contribution is 2.35. The molecule has 0 aromatic rings. The van der Waals surface area contributed by atoms with Gasteiger partial charge < -0.3 is 9.64 Å². The Morgan fingerprint density at radius 3 is 3.06 bits per heavy atom. The molecule has 0 aromatic heterocycles. The summed E-state index contributed by atoms with van der Waals surface area (Å²) in [6.45, 7) is 3.77. The predicted molar refractivity (Wildman–Crippen MR) is 63.4 cm³/mol. The van der Waals surface area contributed by atoms with Crippen molar-refractivity contribution in [2.24, 2.45) is 11.8 Å². The molecule has 4 heteroatoms. The summed E-state index contributed by atoms with van der Waals surface area (Å²) in [7, 11) is 1.97. The Kier molecular flexibility index (Phi) is 3.62. The molecular formula is C13H19NO3. The average molecular weight is 237 g/mol. The molecule has 0 aromatic carbocycles. The summed E-state index contributed by atoms with van der Waals surface area (Å²) in [6, 6.07) is 0. The van der Waals surface area contributed by atoms with E-state index in [9.17, 15) is 9.59 Å². The normalized spacial score (nSPS) is 29.5. The van der Waals surface area contributed by atoms with Crippen LogP contribution in [0.2, 0.25) is 0 Å². The third kappa shape index (κ3) is 2.57. The van der Waals surface area contributed by atoms with Crippen LogP contribution in [-0.4, -0.2) is 43.4 Å². The first-order valence-corrected chi connectivity index (χ1v) is 6.20. The van der Waals surface area contributed by atoms with Gasteiger partial charge in [0.15, 0.2) is 5.78 Å². The van der Waals surface area contributed by atoms with Crippen molar-refractivity contribution in [2.75, 3.05) is 26.7 Å².